The van der Waals surface area contributed by atoms with Crippen molar-refractivity contribution in [3.8, 4) is 0 Å². The molecule has 0 spiro atoms. The molecule has 0 aromatic heterocycles. The van der Waals surface area contributed by atoms with Gasteiger partial charge < -0.3 is 9.05 Å². The van der Waals surface area contributed by atoms with Crippen LogP contribution in [0.5, 0.6) is 0 Å². The second-order valence-electron chi connectivity index (χ2n) is 7.55. The Labute approximate surface area is 194 Å². The van der Waals surface area contributed by atoms with Crippen LogP contribution in [0.3, 0.4) is 0 Å². The number of fused-ring (bicyclic) bond motifs is 2. The van der Waals surface area contributed by atoms with Crippen molar-refractivity contribution in [3.05, 3.63) is 108 Å². The summed E-state index contributed by atoms with van der Waals surface area (Å²) in [5.74, 6) is 1.05. The minimum absolute atomic E-state index is 0.746. The molecular weight excluding hydrogens is 430 g/mol. The van der Waals surface area contributed by atoms with E-state index < -0.39 is 16.3 Å². The van der Waals surface area contributed by atoms with Gasteiger partial charge in [0.05, 0.1) is 6.26 Å². The Balaban J connectivity index is 1.63. The summed E-state index contributed by atoms with van der Waals surface area (Å²) in [5, 5.41) is 2.63. The number of hydrogen-bond acceptors (Lipinski definition) is 2. The minimum Gasteiger partial charge on any atom is -0.477 e. The second kappa shape index (κ2) is 11.5. The highest BCUT2D eigenvalue weighted by molar-refractivity contribution is 7.65. The Kier molecular flexibility index (Phi) is 8.16. The van der Waals surface area contributed by atoms with Crippen molar-refractivity contribution in [1.29, 1.82) is 0 Å². The molecule has 0 saturated heterocycles. The summed E-state index contributed by atoms with van der Waals surface area (Å²) in [4.78, 5) is 0. The van der Waals surface area contributed by atoms with Gasteiger partial charge >= 0.3 is 0 Å². The van der Waals surface area contributed by atoms with E-state index in [1.54, 1.807) is 0 Å². The second-order valence-corrected chi connectivity index (χ2v) is 11.3. The first-order valence-corrected chi connectivity index (χ1v) is 14.2. The van der Waals surface area contributed by atoms with Gasteiger partial charge in [-0.25, -0.2) is 0 Å². The van der Waals surface area contributed by atoms with Crippen LogP contribution in [0.1, 0.15) is 37.8 Å². The van der Waals surface area contributed by atoms with E-state index in [-0.39, 0.29) is 0 Å². The molecule has 4 heteroatoms. The highest BCUT2D eigenvalue weighted by Gasteiger charge is 2.29. The first-order chi connectivity index (χ1) is 15.8. The van der Waals surface area contributed by atoms with Crippen LogP contribution in [-0.4, -0.2) is 12.3 Å². The summed E-state index contributed by atoms with van der Waals surface area (Å²) >= 11 is 0. The van der Waals surface area contributed by atoms with E-state index in [0.29, 0.717) is 0 Å². The van der Waals surface area contributed by atoms with E-state index in [9.17, 15) is 0 Å². The molecule has 0 aliphatic carbocycles. The molecule has 164 valence electrons. The van der Waals surface area contributed by atoms with Crippen molar-refractivity contribution in [2.75, 3.05) is 12.3 Å². The van der Waals surface area contributed by atoms with Crippen LogP contribution >= 0.6 is 16.3 Å². The molecule has 0 saturated carbocycles. The van der Waals surface area contributed by atoms with Gasteiger partial charge in [-0.2, -0.15) is 0 Å². The number of rotatable bonds is 5. The maximum atomic E-state index is 6.67. The molecular formula is C28H30O2P2. The van der Waals surface area contributed by atoms with Crippen LogP contribution < -0.4 is 10.6 Å². The van der Waals surface area contributed by atoms with Crippen LogP contribution in [0.2, 0.25) is 0 Å². The summed E-state index contributed by atoms with van der Waals surface area (Å²) < 4.78 is 13.0. The Hall–Kier alpha value is -2.40. The number of benzene rings is 2. The Morgan fingerprint density at radius 2 is 1.47 bits per heavy atom. The molecule has 2 aliphatic heterocycles. The molecule has 2 atom stereocenters. The van der Waals surface area contributed by atoms with Gasteiger partial charge in [-0.3, -0.25) is 0 Å². The van der Waals surface area contributed by atoms with Gasteiger partial charge in [0.1, 0.15) is 22.1 Å². The molecule has 0 radical (unpaired) electrons. The quantitative estimate of drug-likeness (QED) is 0.427. The fraction of sp³-hybridized carbons (Fsp3) is 0.214. The molecule has 0 fully saturated rings. The molecule has 2 nitrogen and oxygen atoms in total. The summed E-state index contributed by atoms with van der Waals surface area (Å²) in [6.07, 6.45) is 20.5. The molecule has 2 aromatic rings. The lowest BCUT2D eigenvalue weighted by molar-refractivity contribution is 0.497. The van der Waals surface area contributed by atoms with E-state index in [4.69, 9.17) is 9.05 Å². The summed E-state index contributed by atoms with van der Waals surface area (Å²) in [6, 6.07) is 17.3. The molecule has 2 aromatic carbocycles. The Morgan fingerprint density at radius 3 is 2.31 bits per heavy atom. The average molecular weight is 460 g/mol. The predicted molar refractivity (Wildman–Crippen MR) is 142 cm³/mol. The molecule has 2 unspecified atom stereocenters. The normalized spacial score (nSPS) is 25.2. The van der Waals surface area contributed by atoms with Gasteiger partial charge in [0, 0.05) is 28.5 Å². The lowest BCUT2D eigenvalue weighted by Gasteiger charge is -2.31. The lowest BCUT2D eigenvalue weighted by Crippen LogP contribution is -2.20. The van der Waals surface area contributed by atoms with Crippen molar-refractivity contribution < 1.29 is 9.05 Å². The van der Waals surface area contributed by atoms with Crippen LogP contribution in [0, 0.1) is 0 Å². The van der Waals surface area contributed by atoms with Crippen molar-refractivity contribution in [2.45, 2.75) is 26.7 Å². The highest BCUT2D eigenvalue weighted by Crippen LogP contribution is 2.51. The van der Waals surface area contributed by atoms with Gasteiger partial charge in [0.15, 0.2) is 0 Å². The zero-order valence-electron chi connectivity index (χ0n) is 18.8. The zero-order valence-corrected chi connectivity index (χ0v) is 20.6. The first-order valence-electron chi connectivity index (χ1n) is 11.3. The van der Waals surface area contributed by atoms with Crippen LogP contribution in [-0.2, 0) is 9.05 Å². The van der Waals surface area contributed by atoms with E-state index in [1.165, 1.54) is 27.3 Å². The standard InChI is InChI=1S/C28H30O2P2/c1-3-13-24-25-17-9-11-19-28(25)32(30-26(24)14-4-2)22-21-31-27-18-10-8-16-23(27)15-7-5-6-12-20-29-31/h5-20H,3-4,21-22H2,1-2H3/b6-5-,15-7+,20-12+,24-13-,26-14+. The third-order valence-corrected chi connectivity index (χ3v) is 9.60. The average Bonchev–Trinajstić information content (AvgIpc) is 2.83. The van der Waals surface area contributed by atoms with Gasteiger partial charge in [-0.15, -0.1) is 0 Å². The largest absolute Gasteiger partial charge is 0.477 e. The first kappa shape index (κ1) is 22.8. The molecule has 0 N–H and O–H groups in total. The number of allylic oxidation sites excluding steroid dienone is 7. The molecule has 4 rings (SSSR count). The fourth-order valence-corrected chi connectivity index (χ4v) is 8.27. The minimum atomic E-state index is -0.784. The van der Waals surface area contributed by atoms with E-state index in [0.717, 1.165) is 30.9 Å². The topological polar surface area (TPSA) is 18.5 Å². The van der Waals surface area contributed by atoms with Crippen molar-refractivity contribution >= 4 is 38.6 Å². The number of hydrogen-bond donors (Lipinski definition) is 0. The molecule has 0 amide bonds. The summed E-state index contributed by atoms with van der Waals surface area (Å²) in [6.45, 7) is 4.36. The van der Waals surface area contributed by atoms with E-state index in [1.807, 2.05) is 24.5 Å². The SMILES string of the molecule is CC/C=C1\C(=C/CC)OP(CCP2O/C=C/C=C\C=C\c3ccccc32)c2ccccc21. The third-order valence-electron chi connectivity index (χ3n) is 5.32. The fourth-order valence-electron chi connectivity index (χ4n) is 3.89. The van der Waals surface area contributed by atoms with Gasteiger partial charge in [0.25, 0.3) is 0 Å². The van der Waals surface area contributed by atoms with E-state index in [2.05, 4.69) is 86.7 Å². The zero-order chi connectivity index (χ0) is 22.2. The van der Waals surface area contributed by atoms with Crippen LogP contribution in [0.25, 0.3) is 11.6 Å². The highest BCUT2D eigenvalue weighted by atomic mass is 31.1. The monoisotopic (exact) mass is 460 g/mol. The van der Waals surface area contributed by atoms with E-state index >= 15 is 0 Å². The van der Waals surface area contributed by atoms with Crippen molar-refractivity contribution in [3.63, 3.8) is 0 Å². The molecule has 0 bridgehead atoms. The molecule has 32 heavy (non-hydrogen) atoms. The lowest BCUT2D eigenvalue weighted by atomic mass is 10.0. The van der Waals surface area contributed by atoms with Crippen molar-refractivity contribution in [2.24, 2.45) is 0 Å². The molecule has 2 aliphatic rings. The predicted octanol–water partition coefficient (Wildman–Crippen LogP) is 7.66. The van der Waals surface area contributed by atoms with Crippen LogP contribution in [0.15, 0.2) is 97.0 Å². The Morgan fingerprint density at radius 1 is 0.750 bits per heavy atom. The Bertz CT molecular complexity index is 1080. The summed E-state index contributed by atoms with van der Waals surface area (Å²) in [7, 11) is -1.53. The smallest absolute Gasteiger partial charge is 0.127 e. The molecule has 2 heterocycles. The third kappa shape index (κ3) is 5.32. The maximum absolute atomic E-state index is 6.67. The van der Waals surface area contributed by atoms with Gasteiger partial charge in [-0.05, 0) is 36.1 Å². The van der Waals surface area contributed by atoms with Crippen molar-refractivity contribution in [1.82, 2.24) is 0 Å². The van der Waals surface area contributed by atoms with Crippen LogP contribution in [0.4, 0.5) is 0 Å². The van der Waals surface area contributed by atoms with Gasteiger partial charge in [0.2, 0.25) is 0 Å². The summed E-state index contributed by atoms with van der Waals surface area (Å²) in [5.41, 5.74) is 3.81. The maximum Gasteiger partial charge on any atom is 0.127 e. The van der Waals surface area contributed by atoms with Gasteiger partial charge in [-0.1, -0.05) is 92.8 Å².